The smallest absolute Gasteiger partial charge is 0.241 e. The van der Waals surface area contributed by atoms with Gasteiger partial charge in [0.25, 0.3) is 0 Å². The van der Waals surface area contributed by atoms with Gasteiger partial charge in [-0.2, -0.15) is 0 Å². The molecule has 3 nitrogen and oxygen atoms in total. The minimum absolute atomic E-state index is 0.0746. The third-order valence-corrected chi connectivity index (χ3v) is 4.80. The highest BCUT2D eigenvalue weighted by Crippen LogP contribution is 2.26. The molecule has 5 heteroatoms. The van der Waals surface area contributed by atoms with Crippen molar-refractivity contribution in [1.82, 2.24) is 5.32 Å². The van der Waals surface area contributed by atoms with Gasteiger partial charge < -0.3 is 5.32 Å². The zero-order valence-electron chi connectivity index (χ0n) is 13.8. The standard InChI is InChI=1S/C20H19FN2OS/c1-14(20(24)23-17-10-5-9-16(21)13-17)22-19(18-11-6-12-25-18)15-7-3-2-4-8-15/h2-14,19,22H,1H3,(H,23,24). The van der Waals surface area contributed by atoms with E-state index in [-0.39, 0.29) is 17.8 Å². The van der Waals surface area contributed by atoms with Gasteiger partial charge in [-0.3, -0.25) is 10.1 Å². The monoisotopic (exact) mass is 354 g/mol. The molecule has 3 aromatic rings. The van der Waals surface area contributed by atoms with Crippen molar-refractivity contribution in [3.63, 3.8) is 0 Å². The maximum atomic E-state index is 13.3. The van der Waals surface area contributed by atoms with Gasteiger partial charge in [0, 0.05) is 10.6 Å². The number of benzene rings is 2. The number of thiophene rings is 1. The minimum atomic E-state index is -0.449. The summed E-state index contributed by atoms with van der Waals surface area (Å²) < 4.78 is 13.3. The molecule has 0 aliphatic carbocycles. The predicted octanol–water partition coefficient (Wildman–Crippen LogP) is 4.59. The Morgan fingerprint density at radius 3 is 2.52 bits per heavy atom. The quantitative estimate of drug-likeness (QED) is 0.680. The van der Waals surface area contributed by atoms with E-state index in [4.69, 9.17) is 0 Å². The highest BCUT2D eigenvalue weighted by atomic mass is 32.1. The molecule has 0 saturated carbocycles. The van der Waals surface area contributed by atoms with Crippen LogP contribution in [0.4, 0.5) is 10.1 Å². The van der Waals surface area contributed by atoms with Gasteiger partial charge in [-0.1, -0.05) is 42.5 Å². The molecule has 0 bridgehead atoms. The van der Waals surface area contributed by atoms with Gasteiger partial charge in [0.1, 0.15) is 5.82 Å². The first-order valence-electron chi connectivity index (χ1n) is 8.04. The van der Waals surface area contributed by atoms with E-state index in [1.165, 1.54) is 12.1 Å². The van der Waals surface area contributed by atoms with Gasteiger partial charge in [-0.05, 0) is 42.1 Å². The summed E-state index contributed by atoms with van der Waals surface area (Å²) in [4.78, 5) is 13.6. The number of halogens is 1. The number of amides is 1. The summed E-state index contributed by atoms with van der Waals surface area (Å²) in [7, 11) is 0. The molecule has 1 heterocycles. The fourth-order valence-electron chi connectivity index (χ4n) is 2.59. The molecule has 2 N–H and O–H groups in total. The molecule has 0 radical (unpaired) electrons. The molecule has 0 spiro atoms. The first-order valence-corrected chi connectivity index (χ1v) is 8.92. The highest BCUT2D eigenvalue weighted by Gasteiger charge is 2.21. The van der Waals surface area contributed by atoms with E-state index in [9.17, 15) is 9.18 Å². The number of carbonyl (C=O) groups excluding carboxylic acids is 1. The minimum Gasteiger partial charge on any atom is -0.325 e. The molecule has 3 rings (SSSR count). The van der Waals surface area contributed by atoms with E-state index in [1.54, 1.807) is 30.4 Å². The van der Waals surface area contributed by atoms with E-state index < -0.39 is 6.04 Å². The maximum absolute atomic E-state index is 13.3. The predicted molar refractivity (Wildman–Crippen MR) is 100 cm³/mol. The van der Waals surface area contributed by atoms with E-state index in [0.717, 1.165) is 10.4 Å². The van der Waals surface area contributed by atoms with Crippen LogP contribution in [0.25, 0.3) is 0 Å². The molecule has 2 unspecified atom stereocenters. The van der Waals surface area contributed by atoms with Crippen LogP contribution in [-0.2, 0) is 4.79 Å². The molecule has 128 valence electrons. The van der Waals surface area contributed by atoms with Gasteiger partial charge in [0.15, 0.2) is 0 Å². The second-order valence-corrected chi connectivity index (χ2v) is 6.73. The number of rotatable bonds is 6. The van der Waals surface area contributed by atoms with Crippen LogP contribution in [-0.4, -0.2) is 11.9 Å². The second kappa shape index (κ2) is 8.05. The molecule has 0 aliphatic heterocycles. The molecular weight excluding hydrogens is 335 g/mol. The van der Waals surface area contributed by atoms with Gasteiger partial charge in [0.05, 0.1) is 12.1 Å². The molecule has 0 aliphatic rings. The number of hydrogen-bond acceptors (Lipinski definition) is 3. The van der Waals surface area contributed by atoms with Gasteiger partial charge in [-0.15, -0.1) is 11.3 Å². The van der Waals surface area contributed by atoms with Crippen LogP contribution < -0.4 is 10.6 Å². The van der Waals surface area contributed by atoms with Crippen molar-refractivity contribution in [2.45, 2.75) is 19.0 Å². The van der Waals surface area contributed by atoms with Crippen molar-refractivity contribution in [2.75, 3.05) is 5.32 Å². The number of nitrogens with one attached hydrogen (secondary N) is 2. The normalized spacial score (nSPS) is 13.2. The first-order chi connectivity index (χ1) is 12.1. The molecule has 0 fully saturated rings. The fourth-order valence-corrected chi connectivity index (χ4v) is 3.40. The van der Waals surface area contributed by atoms with Crippen LogP contribution in [0.5, 0.6) is 0 Å². The molecular formula is C20H19FN2OS. The Bertz CT molecular complexity index is 821. The number of anilines is 1. The van der Waals surface area contributed by atoms with E-state index in [0.29, 0.717) is 5.69 Å². The van der Waals surface area contributed by atoms with Gasteiger partial charge in [-0.25, -0.2) is 4.39 Å². The van der Waals surface area contributed by atoms with Crippen LogP contribution in [0.3, 0.4) is 0 Å². The van der Waals surface area contributed by atoms with Crippen LogP contribution in [0.2, 0.25) is 0 Å². The van der Waals surface area contributed by atoms with Crippen molar-refractivity contribution < 1.29 is 9.18 Å². The molecule has 2 aromatic carbocycles. The lowest BCUT2D eigenvalue weighted by Crippen LogP contribution is -2.40. The largest absolute Gasteiger partial charge is 0.325 e. The molecule has 25 heavy (non-hydrogen) atoms. The third-order valence-electron chi connectivity index (χ3n) is 3.86. The number of carbonyl (C=O) groups is 1. The zero-order chi connectivity index (χ0) is 17.6. The lowest BCUT2D eigenvalue weighted by atomic mass is 10.0. The van der Waals surface area contributed by atoms with Crippen molar-refractivity contribution >= 4 is 22.9 Å². The fraction of sp³-hybridized carbons (Fsp3) is 0.150. The van der Waals surface area contributed by atoms with E-state index >= 15 is 0 Å². The highest BCUT2D eigenvalue weighted by molar-refractivity contribution is 7.10. The van der Waals surface area contributed by atoms with Gasteiger partial charge >= 0.3 is 0 Å². The Hall–Kier alpha value is -2.50. The summed E-state index contributed by atoms with van der Waals surface area (Å²) in [5.74, 6) is -0.581. The maximum Gasteiger partial charge on any atom is 0.241 e. The summed E-state index contributed by atoms with van der Waals surface area (Å²) in [5.41, 5.74) is 1.54. The zero-order valence-corrected chi connectivity index (χ0v) is 14.6. The Kier molecular flexibility index (Phi) is 5.58. The first kappa shape index (κ1) is 17.3. The molecule has 1 aromatic heterocycles. The second-order valence-electron chi connectivity index (χ2n) is 5.75. The lowest BCUT2D eigenvalue weighted by molar-refractivity contribution is -0.117. The summed E-state index contributed by atoms with van der Waals surface area (Å²) >= 11 is 1.64. The van der Waals surface area contributed by atoms with Crippen LogP contribution >= 0.6 is 11.3 Å². The number of hydrogen-bond donors (Lipinski definition) is 2. The molecule has 2 atom stereocenters. The average molecular weight is 354 g/mol. The Balaban J connectivity index is 1.74. The molecule has 0 saturated heterocycles. The molecule has 1 amide bonds. The SMILES string of the molecule is CC(NC(c1ccccc1)c1cccs1)C(=O)Nc1cccc(F)c1. The Morgan fingerprint density at radius 2 is 1.84 bits per heavy atom. The van der Waals surface area contributed by atoms with Crippen molar-refractivity contribution in [3.8, 4) is 0 Å². The lowest BCUT2D eigenvalue weighted by Gasteiger charge is -2.22. The van der Waals surface area contributed by atoms with Crippen molar-refractivity contribution in [1.29, 1.82) is 0 Å². The van der Waals surface area contributed by atoms with E-state index in [1.807, 2.05) is 47.8 Å². The summed E-state index contributed by atoms with van der Waals surface area (Å²) in [6.45, 7) is 1.80. The van der Waals surface area contributed by atoms with Crippen molar-refractivity contribution in [2.24, 2.45) is 0 Å². The van der Waals surface area contributed by atoms with Crippen LogP contribution in [0, 0.1) is 5.82 Å². The summed E-state index contributed by atoms with van der Waals surface area (Å²) in [6.07, 6.45) is 0. The third kappa shape index (κ3) is 4.53. The van der Waals surface area contributed by atoms with Crippen molar-refractivity contribution in [3.05, 3.63) is 88.4 Å². The summed E-state index contributed by atoms with van der Waals surface area (Å²) in [5, 5.41) is 8.14. The van der Waals surface area contributed by atoms with E-state index in [2.05, 4.69) is 10.6 Å². The van der Waals surface area contributed by atoms with Gasteiger partial charge in [0.2, 0.25) is 5.91 Å². The average Bonchev–Trinajstić information content (AvgIpc) is 3.14. The Labute approximate surface area is 150 Å². The van der Waals surface area contributed by atoms with Crippen LogP contribution in [0.15, 0.2) is 72.1 Å². The summed E-state index contributed by atoms with van der Waals surface area (Å²) in [6, 6.07) is 19.4. The van der Waals surface area contributed by atoms with Crippen LogP contribution in [0.1, 0.15) is 23.4 Å². The topological polar surface area (TPSA) is 41.1 Å². The Morgan fingerprint density at radius 1 is 1.04 bits per heavy atom.